The first kappa shape index (κ1) is 12.9. The minimum atomic E-state index is -0.0961. The van der Waals surface area contributed by atoms with Gasteiger partial charge in [0.25, 0.3) is 5.91 Å². The summed E-state index contributed by atoms with van der Waals surface area (Å²) in [5.41, 5.74) is 1.60. The number of H-pyrrole nitrogens is 1. The summed E-state index contributed by atoms with van der Waals surface area (Å²) in [6.07, 6.45) is 6.63. The monoisotopic (exact) mass is 270 g/mol. The van der Waals surface area contributed by atoms with Gasteiger partial charge in [-0.15, -0.1) is 0 Å². The van der Waals surface area contributed by atoms with Crippen LogP contribution >= 0.6 is 0 Å². The molecule has 2 aromatic rings. The predicted octanol–water partition coefficient (Wildman–Crippen LogP) is 2.66. The minimum absolute atomic E-state index is 0.0255. The van der Waals surface area contributed by atoms with Gasteiger partial charge in [-0.1, -0.05) is 31.0 Å². The number of amides is 1. The molecule has 4 heteroatoms. The van der Waals surface area contributed by atoms with E-state index in [-0.39, 0.29) is 17.9 Å². The Morgan fingerprint density at radius 2 is 2.05 bits per heavy atom. The maximum absolute atomic E-state index is 12.4. The molecule has 1 heterocycles. The predicted molar refractivity (Wildman–Crippen MR) is 77.6 cm³/mol. The van der Waals surface area contributed by atoms with Gasteiger partial charge in [0.2, 0.25) is 0 Å². The molecule has 1 fully saturated rings. The van der Waals surface area contributed by atoms with Crippen molar-refractivity contribution in [1.29, 1.82) is 0 Å². The van der Waals surface area contributed by atoms with Crippen molar-refractivity contribution >= 4 is 23.1 Å². The van der Waals surface area contributed by atoms with Crippen LogP contribution in [0.15, 0.2) is 30.5 Å². The van der Waals surface area contributed by atoms with Crippen molar-refractivity contribution in [2.75, 3.05) is 0 Å². The Hall–Kier alpha value is -2.10. The number of benzene rings is 1. The van der Waals surface area contributed by atoms with E-state index >= 15 is 0 Å². The topological polar surface area (TPSA) is 62.0 Å². The minimum Gasteiger partial charge on any atom is -0.360 e. The number of carbonyl (C=O) groups excluding carboxylic acids is 2. The molecule has 3 rings (SSSR count). The number of aromatic nitrogens is 1. The van der Waals surface area contributed by atoms with Gasteiger partial charge in [0.15, 0.2) is 0 Å². The van der Waals surface area contributed by atoms with Gasteiger partial charge >= 0.3 is 0 Å². The molecular weight excluding hydrogens is 252 g/mol. The van der Waals surface area contributed by atoms with Gasteiger partial charge in [0.1, 0.15) is 6.29 Å². The highest BCUT2D eigenvalue weighted by Gasteiger charge is 2.26. The van der Waals surface area contributed by atoms with E-state index in [0.29, 0.717) is 5.56 Å². The first-order chi connectivity index (χ1) is 9.79. The number of para-hydroxylation sites is 1. The molecule has 0 saturated heterocycles. The van der Waals surface area contributed by atoms with E-state index in [2.05, 4.69) is 10.3 Å². The van der Waals surface area contributed by atoms with E-state index in [1.165, 1.54) is 0 Å². The number of nitrogens with one attached hydrogen (secondary N) is 2. The maximum atomic E-state index is 12.4. The zero-order valence-corrected chi connectivity index (χ0v) is 11.3. The lowest BCUT2D eigenvalue weighted by atomic mass is 9.85. The van der Waals surface area contributed by atoms with Crippen LogP contribution in [0.1, 0.15) is 36.0 Å². The molecule has 1 aromatic carbocycles. The fourth-order valence-corrected chi connectivity index (χ4v) is 3.01. The van der Waals surface area contributed by atoms with Gasteiger partial charge in [-0.25, -0.2) is 0 Å². The van der Waals surface area contributed by atoms with Gasteiger partial charge in [0.05, 0.1) is 5.56 Å². The van der Waals surface area contributed by atoms with Gasteiger partial charge in [-0.2, -0.15) is 0 Å². The molecule has 1 aliphatic rings. The highest BCUT2D eigenvalue weighted by molar-refractivity contribution is 6.06. The Balaban J connectivity index is 1.80. The third kappa shape index (κ3) is 2.33. The molecule has 1 aromatic heterocycles. The summed E-state index contributed by atoms with van der Waals surface area (Å²) in [5.74, 6) is -0.140. The molecule has 0 bridgehead atoms. The van der Waals surface area contributed by atoms with Crippen LogP contribution in [0.3, 0.4) is 0 Å². The Bertz CT molecular complexity index is 632. The second-order valence-electron chi connectivity index (χ2n) is 5.41. The van der Waals surface area contributed by atoms with E-state index in [1.807, 2.05) is 24.3 Å². The zero-order valence-electron chi connectivity index (χ0n) is 11.3. The summed E-state index contributed by atoms with van der Waals surface area (Å²) in [6, 6.07) is 7.70. The van der Waals surface area contributed by atoms with Crippen molar-refractivity contribution in [1.82, 2.24) is 10.3 Å². The third-order valence-electron chi connectivity index (χ3n) is 4.14. The molecule has 0 spiro atoms. The quantitative estimate of drug-likeness (QED) is 0.842. The molecule has 20 heavy (non-hydrogen) atoms. The molecule has 104 valence electrons. The van der Waals surface area contributed by atoms with Gasteiger partial charge in [0, 0.05) is 29.1 Å². The van der Waals surface area contributed by atoms with Crippen LogP contribution in [0.2, 0.25) is 0 Å². The Kier molecular flexibility index (Phi) is 3.54. The first-order valence-corrected chi connectivity index (χ1v) is 7.12. The van der Waals surface area contributed by atoms with Crippen molar-refractivity contribution in [3.05, 3.63) is 36.0 Å². The molecule has 0 aliphatic heterocycles. The summed E-state index contributed by atoms with van der Waals surface area (Å²) < 4.78 is 0. The number of hydrogen-bond donors (Lipinski definition) is 2. The average molecular weight is 270 g/mol. The number of aromatic amines is 1. The van der Waals surface area contributed by atoms with Crippen LogP contribution in [-0.4, -0.2) is 23.2 Å². The van der Waals surface area contributed by atoms with Crippen LogP contribution < -0.4 is 5.32 Å². The van der Waals surface area contributed by atoms with Crippen LogP contribution in [0.25, 0.3) is 10.9 Å². The van der Waals surface area contributed by atoms with Crippen molar-refractivity contribution in [3.8, 4) is 0 Å². The lowest BCUT2D eigenvalue weighted by Gasteiger charge is -2.28. The molecule has 1 amide bonds. The highest BCUT2D eigenvalue weighted by Crippen LogP contribution is 2.24. The molecule has 1 saturated carbocycles. The van der Waals surface area contributed by atoms with Crippen LogP contribution in [0.5, 0.6) is 0 Å². The third-order valence-corrected chi connectivity index (χ3v) is 4.14. The Labute approximate surface area is 117 Å². The smallest absolute Gasteiger partial charge is 0.253 e. The van der Waals surface area contributed by atoms with E-state index in [9.17, 15) is 9.59 Å². The Morgan fingerprint density at radius 3 is 2.90 bits per heavy atom. The second kappa shape index (κ2) is 5.49. The van der Waals surface area contributed by atoms with E-state index in [4.69, 9.17) is 0 Å². The maximum Gasteiger partial charge on any atom is 0.253 e. The van der Waals surface area contributed by atoms with Crippen LogP contribution in [0.4, 0.5) is 0 Å². The SMILES string of the molecule is O=C[C@H]1CCCC[C@H]1NC(=O)c1c[nH]c2ccccc12. The number of hydrogen-bond acceptors (Lipinski definition) is 2. The molecule has 1 aliphatic carbocycles. The molecule has 2 atom stereocenters. The average Bonchev–Trinajstić information content (AvgIpc) is 2.92. The molecular formula is C16H18N2O2. The molecule has 4 nitrogen and oxygen atoms in total. The van der Waals surface area contributed by atoms with Gasteiger partial charge in [-0.05, 0) is 18.9 Å². The molecule has 2 N–H and O–H groups in total. The largest absolute Gasteiger partial charge is 0.360 e. The molecule has 0 radical (unpaired) electrons. The first-order valence-electron chi connectivity index (χ1n) is 7.12. The van der Waals surface area contributed by atoms with E-state index in [1.54, 1.807) is 6.20 Å². The van der Waals surface area contributed by atoms with Gasteiger partial charge < -0.3 is 15.1 Å². The van der Waals surface area contributed by atoms with Crippen molar-refractivity contribution in [3.63, 3.8) is 0 Å². The summed E-state index contributed by atoms with van der Waals surface area (Å²) in [6.45, 7) is 0. The second-order valence-corrected chi connectivity index (χ2v) is 5.41. The van der Waals surface area contributed by atoms with Crippen LogP contribution in [0, 0.1) is 5.92 Å². The summed E-state index contributed by atoms with van der Waals surface area (Å²) in [5, 5.41) is 3.94. The van der Waals surface area contributed by atoms with Gasteiger partial charge in [-0.3, -0.25) is 4.79 Å². The van der Waals surface area contributed by atoms with E-state index < -0.39 is 0 Å². The summed E-state index contributed by atoms with van der Waals surface area (Å²) in [7, 11) is 0. The number of carbonyl (C=O) groups is 2. The normalized spacial score (nSPS) is 22.6. The fraction of sp³-hybridized carbons (Fsp3) is 0.375. The van der Waals surface area contributed by atoms with Crippen LogP contribution in [-0.2, 0) is 4.79 Å². The molecule has 0 unspecified atom stereocenters. The van der Waals surface area contributed by atoms with Crippen molar-refractivity contribution in [2.45, 2.75) is 31.7 Å². The summed E-state index contributed by atoms with van der Waals surface area (Å²) >= 11 is 0. The number of fused-ring (bicyclic) bond motifs is 1. The fourth-order valence-electron chi connectivity index (χ4n) is 3.01. The standard InChI is InChI=1S/C16H18N2O2/c19-10-11-5-1-3-7-14(11)18-16(20)13-9-17-15-8-4-2-6-12(13)15/h2,4,6,8-11,14,17H,1,3,5,7H2,(H,18,20)/t11-,14-/m1/s1. The zero-order chi connectivity index (χ0) is 13.9. The highest BCUT2D eigenvalue weighted by atomic mass is 16.1. The lowest BCUT2D eigenvalue weighted by Crippen LogP contribution is -2.42. The number of aldehydes is 1. The van der Waals surface area contributed by atoms with Crippen molar-refractivity contribution in [2.24, 2.45) is 5.92 Å². The van der Waals surface area contributed by atoms with E-state index in [0.717, 1.165) is 42.9 Å². The summed E-state index contributed by atoms with van der Waals surface area (Å²) in [4.78, 5) is 26.6. The lowest BCUT2D eigenvalue weighted by molar-refractivity contribution is -0.112. The number of rotatable bonds is 3. The Morgan fingerprint density at radius 1 is 1.25 bits per heavy atom. The van der Waals surface area contributed by atoms with Crippen molar-refractivity contribution < 1.29 is 9.59 Å².